The van der Waals surface area contributed by atoms with E-state index in [9.17, 15) is 26.3 Å². The van der Waals surface area contributed by atoms with Crippen LogP contribution in [0.25, 0.3) is 11.1 Å². The van der Waals surface area contributed by atoms with Gasteiger partial charge in [-0.3, -0.25) is 0 Å². The minimum atomic E-state index is -4.75. The molecule has 0 aliphatic carbocycles. The smallest absolute Gasteiger partial charge is 0.384 e. The van der Waals surface area contributed by atoms with Crippen LogP contribution in [0.3, 0.4) is 0 Å². The lowest BCUT2D eigenvalue weighted by atomic mass is 9.99. The second kappa shape index (κ2) is 4.94. The molecular formula is C13H8F6N2. The maximum Gasteiger partial charge on any atom is 0.418 e. The molecule has 8 heteroatoms. The molecule has 0 spiro atoms. The molecule has 0 unspecified atom stereocenters. The van der Waals surface area contributed by atoms with Crippen LogP contribution >= 0.6 is 0 Å². The summed E-state index contributed by atoms with van der Waals surface area (Å²) in [6, 6.07) is 4.51. The molecule has 0 fully saturated rings. The molecule has 2 nitrogen and oxygen atoms in total. The van der Waals surface area contributed by atoms with Gasteiger partial charge in [0, 0.05) is 6.20 Å². The summed E-state index contributed by atoms with van der Waals surface area (Å²) < 4.78 is 76.6. The van der Waals surface area contributed by atoms with Crippen LogP contribution in [0, 0.1) is 0 Å². The molecule has 0 amide bonds. The highest BCUT2D eigenvalue weighted by molar-refractivity contribution is 5.70. The Labute approximate surface area is 115 Å². The van der Waals surface area contributed by atoms with Crippen LogP contribution in [0.15, 0.2) is 36.5 Å². The van der Waals surface area contributed by atoms with Gasteiger partial charge in [-0.1, -0.05) is 12.1 Å². The lowest BCUT2D eigenvalue weighted by Crippen LogP contribution is -2.09. The average molecular weight is 306 g/mol. The van der Waals surface area contributed by atoms with Gasteiger partial charge in [0.25, 0.3) is 0 Å². The van der Waals surface area contributed by atoms with Crippen molar-refractivity contribution in [3.05, 3.63) is 47.7 Å². The third-order valence-electron chi connectivity index (χ3n) is 2.73. The molecule has 0 aliphatic heterocycles. The SMILES string of the molecule is Nc1cc(-c2cccc(C(F)(F)F)c2)c(C(F)(F)F)cn1. The first-order chi connectivity index (χ1) is 9.59. The zero-order chi connectivity index (χ0) is 15.8. The highest BCUT2D eigenvalue weighted by atomic mass is 19.4. The zero-order valence-electron chi connectivity index (χ0n) is 10.3. The molecule has 2 N–H and O–H groups in total. The van der Waals surface area contributed by atoms with Crippen LogP contribution in [-0.4, -0.2) is 4.98 Å². The maximum absolute atomic E-state index is 12.9. The van der Waals surface area contributed by atoms with Gasteiger partial charge in [0.1, 0.15) is 5.82 Å². The quantitative estimate of drug-likeness (QED) is 0.795. The molecule has 0 bridgehead atoms. The highest BCUT2D eigenvalue weighted by Gasteiger charge is 2.35. The second-order valence-electron chi connectivity index (χ2n) is 4.23. The van der Waals surface area contributed by atoms with Crippen LogP contribution in [0.2, 0.25) is 0 Å². The van der Waals surface area contributed by atoms with Crippen molar-refractivity contribution in [2.24, 2.45) is 0 Å². The predicted octanol–water partition coefficient (Wildman–Crippen LogP) is 4.37. The Morgan fingerprint density at radius 2 is 1.57 bits per heavy atom. The van der Waals surface area contributed by atoms with E-state index in [1.807, 2.05) is 0 Å². The molecule has 1 aromatic heterocycles. The molecular weight excluding hydrogens is 298 g/mol. The third-order valence-corrected chi connectivity index (χ3v) is 2.73. The third kappa shape index (κ3) is 3.26. The van der Waals surface area contributed by atoms with Crippen molar-refractivity contribution in [2.45, 2.75) is 12.4 Å². The van der Waals surface area contributed by atoms with Crippen LogP contribution in [0.4, 0.5) is 32.2 Å². The molecule has 2 rings (SSSR count). The largest absolute Gasteiger partial charge is 0.418 e. The fraction of sp³-hybridized carbons (Fsp3) is 0.154. The fourth-order valence-electron chi connectivity index (χ4n) is 1.80. The monoisotopic (exact) mass is 306 g/mol. The molecule has 0 atom stereocenters. The fourth-order valence-corrected chi connectivity index (χ4v) is 1.80. The summed E-state index contributed by atoms with van der Waals surface area (Å²) in [7, 11) is 0. The number of benzene rings is 1. The van der Waals surface area contributed by atoms with Crippen LogP contribution < -0.4 is 5.73 Å². The Balaban J connectivity index is 2.64. The van der Waals surface area contributed by atoms with Gasteiger partial charge in [-0.25, -0.2) is 4.98 Å². The van der Waals surface area contributed by atoms with Crippen molar-refractivity contribution in [3.8, 4) is 11.1 Å². The summed E-state index contributed by atoms with van der Waals surface area (Å²) in [6.07, 6.45) is -8.89. The van der Waals surface area contributed by atoms with E-state index in [1.54, 1.807) is 0 Å². The maximum atomic E-state index is 12.9. The molecule has 2 aromatic rings. The van der Waals surface area contributed by atoms with Crippen LogP contribution in [0.1, 0.15) is 11.1 Å². The summed E-state index contributed by atoms with van der Waals surface area (Å²) >= 11 is 0. The second-order valence-corrected chi connectivity index (χ2v) is 4.23. The number of rotatable bonds is 1. The Hall–Kier alpha value is -2.25. The molecule has 1 heterocycles. The van der Waals surface area contributed by atoms with Crippen molar-refractivity contribution >= 4 is 5.82 Å². The standard InChI is InChI=1S/C13H8F6N2/c14-12(15,16)8-3-1-2-7(4-8)9-5-11(20)21-6-10(9)13(17,18)19/h1-6H,(H2,20,21). The lowest BCUT2D eigenvalue weighted by Gasteiger charge is -2.14. The number of anilines is 1. The van der Waals surface area contributed by atoms with E-state index in [0.717, 1.165) is 24.3 Å². The number of alkyl halides is 6. The van der Waals surface area contributed by atoms with E-state index in [0.29, 0.717) is 12.3 Å². The topological polar surface area (TPSA) is 38.9 Å². The predicted molar refractivity (Wildman–Crippen MR) is 64.1 cm³/mol. The van der Waals surface area contributed by atoms with Gasteiger partial charge in [-0.05, 0) is 29.3 Å². The first kappa shape index (κ1) is 15.1. The van der Waals surface area contributed by atoms with Crippen LogP contribution in [-0.2, 0) is 12.4 Å². The highest BCUT2D eigenvalue weighted by Crippen LogP contribution is 2.39. The molecule has 1 aromatic carbocycles. The number of pyridine rings is 1. The number of nitrogens with zero attached hydrogens (tertiary/aromatic N) is 1. The number of nitrogen functional groups attached to an aromatic ring is 1. The summed E-state index contributed by atoms with van der Waals surface area (Å²) in [4.78, 5) is 3.34. The Kier molecular flexibility index (Phi) is 3.56. The van der Waals surface area contributed by atoms with Gasteiger partial charge in [-0.2, -0.15) is 26.3 Å². The minimum absolute atomic E-state index is 0.213. The van der Waals surface area contributed by atoms with Gasteiger partial charge in [0.05, 0.1) is 11.1 Å². The van der Waals surface area contributed by atoms with Crippen molar-refractivity contribution in [2.75, 3.05) is 5.73 Å². The minimum Gasteiger partial charge on any atom is -0.384 e. The van der Waals surface area contributed by atoms with Crippen molar-refractivity contribution in [1.29, 1.82) is 0 Å². The van der Waals surface area contributed by atoms with Crippen LogP contribution in [0.5, 0.6) is 0 Å². The molecule has 0 radical (unpaired) electrons. The number of aromatic nitrogens is 1. The zero-order valence-corrected chi connectivity index (χ0v) is 10.3. The Morgan fingerprint density at radius 1 is 0.905 bits per heavy atom. The van der Waals surface area contributed by atoms with Gasteiger partial charge >= 0.3 is 12.4 Å². The van der Waals surface area contributed by atoms with E-state index in [2.05, 4.69) is 4.98 Å². The summed E-state index contributed by atoms with van der Waals surface area (Å²) in [5, 5.41) is 0. The number of hydrogen-bond acceptors (Lipinski definition) is 2. The summed E-state index contributed by atoms with van der Waals surface area (Å²) in [6.45, 7) is 0. The van der Waals surface area contributed by atoms with E-state index in [1.165, 1.54) is 0 Å². The summed E-state index contributed by atoms with van der Waals surface area (Å²) in [5.41, 5.74) is 2.48. The van der Waals surface area contributed by atoms with Crippen molar-refractivity contribution in [3.63, 3.8) is 0 Å². The van der Waals surface area contributed by atoms with Gasteiger partial charge in [-0.15, -0.1) is 0 Å². The lowest BCUT2D eigenvalue weighted by molar-refractivity contribution is -0.137. The van der Waals surface area contributed by atoms with E-state index < -0.39 is 29.0 Å². The van der Waals surface area contributed by atoms with E-state index in [-0.39, 0.29) is 11.4 Å². The number of hydrogen-bond donors (Lipinski definition) is 1. The molecule has 0 saturated heterocycles. The molecule has 0 saturated carbocycles. The number of halogens is 6. The Bertz CT molecular complexity index is 660. The average Bonchev–Trinajstić information content (AvgIpc) is 2.36. The Morgan fingerprint density at radius 3 is 2.14 bits per heavy atom. The summed E-state index contributed by atoms with van der Waals surface area (Å²) in [5.74, 6) is -0.213. The number of nitrogens with two attached hydrogens (primary N) is 1. The first-order valence-electron chi connectivity index (χ1n) is 5.59. The van der Waals surface area contributed by atoms with E-state index in [4.69, 9.17) is 5.73 Å². The molecule has 0 aliphatic rings. The molecule has 21 heavy (non-hydrogen) atoms. The van der Waals surface area contributed by atoms with Crippen molar-refractivity contribution in [1.82, 2.24) is 4.98 Å². The van der Waals surface area contributed by atoms with Gasteiger partial charge < -0.3 is 5.73 Å². The van der Waals surface area contributed by atoms with Gasteiger partial charge in [0.2, 0.25) is 0 Å². The van der Waals surface area contributed by atoms with Gasteiger partial charge in [0.15, 0.2) is 0 Å². The van der Waals surface area contributed by atoms with E-state index >= 15 is 0 Å². The normalized spacial score (nSPS) is 12.5. The molecule has 112 valence electrons. The van der Waals surface area contributed by atoms with Crippen molar-refractivity contribution < 1.29 is 26.3 Å². The first-order valence-corrected chi connectivity index (χ1v) is 5.59.